The van der Waals surface area contributed by atoms with E-state index in [9.17, 15) is 19.2 Å². The molecule has 0 spiro atoms. The summed E-state index contributed by atoms with van der Waals surface area (Å²) in [6, 6.07) is 29.3. The Morgan fingerprint density at radius 1 is 0.460 bits per heavy atom. The topological polar surface area (TPSA) is 507 Å². The third-order valence-corrected chi connectivity index (χ3v) is 21.5. The SMILES string of the molecule is CC(C)n1nc(-c2ccc3cc(C(=O)NC4CC4)[nH]c3c2)c2c(N)ncnc21.CCCC1N=CC(NC(=O)c2cc3ccc(-c4nn(C(C)(C)C)c5ncnc(N)c45)cc3[nH]2)=N1.CCCC1N=CC(NC(=O)c2cc3ccc(-c4nn(C(C)(C)C)c5ncnc(N)c45)cc3[nH]2)=N1.CNC(=O)c1[nH]c2cc(-c3nn(C(C)(C)C)c4ncnc(N)c34)ccc2c1Cl. The number of benzene rings is 4. The first-order chi connectivity index (χ1) is 59.2. The molecule has 2 aliphatic heterocycles. The van der Waals surface area contributed by atoms with Gasteiger partial charge in [-0.1, -0.05) is 86.8 Å². The molecule has 2 atom stereocenters. The second-order valence-electron chi connectivity index (χ2n) is 33.9. The lowest BCUT2D eigenvalue weighted by Gasteiger charge is -2.19. The largest absolute Gasteiger partial charge is 0.383 e. The normalized spacial score (nSPS) is 14.6. The van der Waals surface area contributed by atoms with E-state index in [0.29, 0.717) is 125 Å². The van der Waals surface area contributed by atoms with Crippen LogP contribution in [0.3, 0.4) is 0 Å². The zero-order valence-corrected chi connectivity index (χ0v) is 71.7. The molecular weight excluding hydrogens is 1590 g/mol. The summed E-state index contributed by atoms with van der Waals surface area (Å²) in [7, 11) is 1.56. The van der Waals surface area contributed by atoms with E-state index in [1.54, 1.807) is 19.5 Å². The molecule has 0 bridgehead atoms. The Labute approximate surface area is 714 Å². The van der Waals surface area contributed by atoms with Gasteiger partial charge in [-0.25, -0.2) is 68.6 Å². The van der Waals surface area contributed by atoms with Gasteiger partial charge in [0.1, 0.15) is 118 Å². The van der Waals surface area contributed by atoms with Gasteiger partial charge in [0, 0.05) is 85.0 Å². The van der Waals surface area contributed by atoms with Crippen molar-refractivity contribution in [1.29, 1.82) is 0 Å². The monoisotopic (exact) mass is 1690 g/mol. The molecule has 1 saturated carbocycles. The van der Waals surface area contributed by atoms with E-state index in [4.69, 9.17) is 54.9 Å². The molecule has 14 heterocycles. The Balaban J connectivity index is 0.000000123. The molecule has 1 aliphatic carbocycles. The summed E-state index contributed by atoms with van der Waals surface area (Å²) in [6.45, 7) is 26.8. The van der Waals surface area contributed by atoms with Crippen LogP contribution in [0.5, 0.6) is 0 Å². The van der Waals surface area contributed by atoms with Gasteiger partial charge in [-0.2, -0.15) is 20.4 Å². The molecule has 3 aliphatic rings. The lowest BCUT2D eigenvalue weighted by atomic mass is 10.1. The van der Waals surface area contributed by atoms with Crippen LogP contribution in [-0.4, -0.2) is 172 Å². The summed E-state index contributed by atoms with van der Waals surface area (Å²) >= 11 is 6.36. The van der Waals surface area contributed by atoms with Crippen molar-refractivity contribution >= 4 is 170 Å². The minimum absolute atomic E-state index is 0.0626. The molecule has 2 unspecified atom stereocenters. The molecule has 4 aromatic carbocycles. The van der Waals surface area contributed by atoms with E-state index in [-0.39, 0.29) is 58.6 Å². The van der Waals surface area contributed by atoms with Crippen LogP contribution in [0.15, 0.2) is 136 Å². The number of carbonyl (C=O) groups is 4. The quantitative estimate of drug-likeness (QED) is 0.0481. The minimum atomic E-state index is -0.290. The number of nitrogens with one attached hydrogen (secondary N) is 8. The highest BCUT2D eigenvalue weighted by Crippen LogP contribution is 2.41. The van der Waals surface area contributed by atoms with Gasteiger partial charge < -0.3 is 64.1 Å². The summed E-state index contributed by atoms with van der Waals surface area (Å²) in [4.78, 5) is 114. The highest BCUT2D eigenvalue weighted by molar-refractivity contribution is 6.39. The van der Waals surface area contributed by atoms with Crippen molar-refractivity contribution in [3.8, 4) is 45.0 Å². The third-order valence-electron chi connectivity index (χ3n) is 21.1. The number of hydrogen-bond acceptors (Lipinski definition) is 24. The fraction of sp³-hybridized carbons (Fsp3) is 0.310. The number of nitrogens with two attached hydrogens (primary N) is 4. The predicted octanol–water partition coefficient (Wildman–Crippen LogP) is 13.7. The van der Waals surface area contributed by atoms with Gasteiger partial charge in [0.25, 0.3) is 23.6 Å². The van der Waals surface area contributed by atoms with Crippen molar-refractivity contribution in [1.82, 2.24) is 120 Å². The number of nitrogens with zero attached hydrogens (tertiary/aromatic N) is 20. The van der Waals surface area contributed by atoms with Gasteiger partial charge in [0.05, 0.1) is 55.6 Å². The van der Waals surface area contributed by atoms with E-state index in [1.807, 2.05) is 144 Å². The molecule has 37 heteroatoms. The van der Waals surface area contributed by atoms with Crippen LogP contribution in [0, 0.1) is 0 Å². The standard InChI is InChI=1S/2C24H27N9O.C20H21N7O.C19H20ClN7O/c2*1-5-6-17-26-11-18(30-17)31-23(34)16-9-13-7-8-14(10-15(13)29-16)20-19-21(25)27-12-28-22(19)33(32-20)24(2,3)4;1-10(2)27-19-16(18(21)22-9-23-19)17(26-27)12-4-3-11-7-15(25-14(11)8-12)20(28)24-13-5-6-13;1-19(2,3)27-17-12(16(21)23-8-24-17)14(26-27)9-5-6-10-11(7-9)25-15(13(10)20)18(28)22-4/h2*7-12,17,29H,5-6H2,1-4H3,(H2,25,27,28)(H,30,31,34);3-4,7-10,13,25H,5-6H2,1-2H3,(H,24,28)(H2,21,22,23);5-8,25H,1-4H3,(H,22,28)(H2,21,23,24). The number of carbonyl (C=O) groups excluding carboxylic acids is 4. The van der Waals surface area contributed by atoms with E-state index in [0.717, 1.165) is 115 Å². The van der Waals surface area contributed by atoms with Crippen LogP contribution in [0.2, 0.25) is 5.02 Å². The van der Waals surface area contributed by atoms with E-state index >= 15 is 0 Å². The number of amides is 4. The molecule has 124 heavy (non-hydrogen) atoms. The predicted molar refractivity (Wildman–Crippen MR) is 487 cm³/mol. The molecule has 634 valence electrons. The number of aliphatic imine (C=N–C) groups is 4. The first-order valence-corrected chi connectivity index (χ1v) is 41.2. The van der Waals surface area contributed by atoms with Gasteiger partial charge in [-0.15, -0.1) is 0 Å². The molecule has 16 N–H and O–H groups in total. The van der Waals surface area contributed by atoms with E-state index in [1.165, 1.54) is 25.3 Å². The van der Waals surface area contributed by atoms with E-state index < -0.39 is 0 Å². The fourth-order valence-electron chi connectivity index (χ4n) is 14.8. The molecule has 0 saturated heterocycles. The Hall–Kier alpha value is -14.7. The average Bonchev–Trinajstić information content (AvgIpc) is 1.61. The number of nitrogen functional groups attached to an aromatic ring is 4. The maximum atomic E-state index is 12.8. The van der Waals surface area contributed by atoms with Crippen LogP contribution < -0.4 is 44.2 Å². The van der Waals surface area contributed by atoms with Crippen molar-refractivity contribution in [2.45, 2.75) is 170 Å². The number of amidine groups is 2. The number of hydrogen-bond donors (Lipinski definition) is 12. The number of H-pyrrole nitrogens is 4. The molecule has 12 aromatic heterocycles. The number of aromatic nitrogens is 20. The first kappa shape index (κ1) is 83.0. The van der Waals surface area contributed by atoms with Crippen LogP contribution in [-0.2, 0) is 16.6 Å². The second-order valence-corrected chi connectivity index (χ2v) is 34.3. The average molecular weight is 1690 g/mol. The van der Waals surface area contributed by atoms with Crippen LogP contribution in [0.1, 0.15) is 177 Å². The summed E-state index contributed by atoms with van der Waals surface area (Å²) in [5.41, 5.74) is 37.9. The number of fused-ring (bicyclic) bond motifs is 8. The summed E-state index contributed by atoms with van der Waals surface area (Å²) < 4.78 is 7.43. The number of aromatic amines is 4. The molecule has 0 radical (unpaired) electrons. The highest BCUT2D eigenvalue weighted by atomic mass is 35.5. The van der Waals surface area contributed by atoms with Gasteiger partial charge in [-0.05, 0) is 144 Å². The van der Waals surface area contributed by atoms with Crippen molar-refractivity contribution in [3.63, 3.8) is 0 Å². The van der Waals surface area contributed by atoms with Crippen molar-refractivity contribution in [2.24, 2.45) is 20.0 Å². The molecule has 1 fully saturated rings. The third kappa shape index (κ3) is 16.3. The van der Waals surface area contributed by atoms with Gasteiger partial charge in [-0.3, -0.25) is 29.2 Å². The lowest BCUT2D eigenvalue weighted by molar-refractivity contribution is 0.0942. The molecule has 16 aromatic rings. The maximum absolute atomic E-state index is 12.8. The summed E-state index contributed by atoms with van der Waals surface area (Å²) in [5.74, 6) is 1.63. The Bertz CT molecular complexity index is 6830. The number of rotatable bonds is 14. The van der Waals surface area contributed by atoms with Gasteiger partial charge in [0.2, 0.25) is 0 Å². The summed E-state index contributed by atoms with van der Waals surface area (Å²) in [5, 5.41) is 37.2. The maximum Gasteiger partial charge on any atom is 0.273 e. The van der Waals surface area contributed by atoms with Crippen LogP contribution in [0.4, 0.5) is 23.3 Å². The Kier molecular flexibility index (Phi) is 21.9. The van der Waals surface area contributed by atoms with E-state index in [2.05, 4.69) is 156 Å². The molecular formula is C87H95ClN32O4. The smallest absolute Gasteiger partial charge is 0.273 e. The molecule has 19 rings (SSSR count). The molecule has 4 amide bonds. The van der Waals surface area contributed by atoms with Crippen molar-refractivity contribution in [2.75, 3.05) is 30.0 Å². The first-order valence-electron chi connectivity index (χ1n) is 40.8. The number of anilines is 4. The Morgan fingerprint density at radius 2 is 0.815 bits per heavy atom. The second kappa shape index (κ2) is 32.7. The zero-order valence-electron chi connectivity index (χ0n) is 70.9. The van der Waals surface area contributed by atoms with Crippen molar-refractivity contribution < 1.29 is 19.2 Å². The highest BCUT2D eigenvalue weighted by Gasteiger charge is 2.31. The fourth-order valence-corrected chi connectivity index (χ4v) is 15.1. The zero-order chi connectivity index (χ0) is 87.7. The van der Waals surface area contributed by atoms with Crippen LogP contribution in [0.25, 0.3) is 133 Å². The lowest BCUT2D eigenvalue weighted by Crippen LogP contribution is -2.30. The minimum Gasteiger partial charge on any atom is -0.383 e. The Morgan fingerprint density at radius 3 is 1.18 bits per heavy atom. The van der Waals surface area contributed by atoms with Crippen molar-refractivity contribution in [3.05, 3.63) is 144 Å². The number of halogens is 1. The summed E-state index contributed by atoms with van der Waals surface area (Å²) in [6.07, 6.45) is 14.6. The van der Waals surface area contributed by atoms with Gasteiger partial charge in [0.15, 0.2) is 22.6 Å². The van der Waals surface area contributed by atoms with Crippen LogP contribution >= 0.6 is 11.6 Å². The van der Waals surface area contributed by atoms with Gasteiger partial charge >= 0.3 is 0 Å². The molecule has 36 nitrogen and oxygen atoms in total.